The number of likely N-dealkylation sites (tertiary alicyclic amines) is 2. The van der Waals surface area contributed by atoms with Crippen LogP contribution in [0.1, 0.15) is 30.4 Å². The largest absolute Gasteiger partial charge is 0.341 e. The van der Waals surface area contributed by atoms with Crippen LogP contribution in [0, 0.1) is 11.3 Å². The van der Waals surface area contributed by atoms with Crippen molar-refractivity contribution in [3.05, 3.63) is 53.9 Å². The Bertz CT molecular complexity index is 850. The third-order valence-corrected chi connectivity index (χ3v) is 6.99. The average molecular weight is 410 g/mol. The molecule has 2 aliphatic rings. The molecule has 2 fully saturated rings. The monoisotopic (exact) mass is 409 g/mol. The van der Waals surface area contributed by atoms with Crippen LogP contribution in [0.4, 0.5) is 0 Å². The van der Waals surface area contributed by atoms with Crippen molar-refractivity contribution in [2.75, 3.05) is 40.3 Å². The molecule has 2 aromatic rings. The topological polar surface area (TPSA) is 44.6 Å². The molecule has 6 nitrogen and oxygen atoms in total. The summed E-state index contributed by atoms with van der Waals surface area (Å²) in [4.78, 5) is 20.4. The van der Waals surface area contributed by atoms with E-state index in [1.807, 2.05) is 48.1 Å². The normalized spacial score (nSPS) is 25.5. The van der Waals surface area contributed by atoms with Crippen LogP contribution in [-0.2, 0) is 24.9 Å². The predicted octanol–water partition coefficient (Wildman–Crippen LogP) is 2.61. The van der Waals surface area contributed by atoms with E-state index in [1.54, 1.807) is 0 Å². The molecule has 0 saturated carbocycles. The SMILES string of the molecule is CN1C[C@H](C(=O)N(C)Cc2ccccc2)[C@]2(CCCN(Cc3cnn(C)c3)CC2)C1. The smallest absolute Gasteiger partial charge is 0.227 e. The Morgan fingerprint density at radius 1 is 1.17 bits per heavy atom. The molecule has 1 amide bonds. The first-order valence-electron chi connectivity index (χ1n) is 11.1. The van der Waals surface area contributed by atoms with E-state index >= 15 is 0 Å². The van der Waals surface area contributed by atoms with Gasteiger partial charge in [-0.1, -0.05) is 30.3 Å². The first kappa shape index (κ1) is 21.1. The number of carbonyl (C=O) groups is 1. The van der Waals surface area contributed by atoms with E-state index in [9.17, 15) is 4.79 Å². The minimum absolute atomic E-state index is 0.0922. The second kappa shape index (κ2) is 8.90. The number of rotatable bonds is 5. The van der Waals surface area contributed by atoms with Crippen LogP contribution < -0.4 is 0 Å². The Balaban J connectivity index is 1.44. The molecule has 0 aliphatic carbocycles. The molecule has 1 spiro atoms. The highest BCUT2D eigenvalue weighted by atomic mass is 16.2. The van der Waals surface area contributed by atoms with Crippen LogP contribution in [0.15, 0.2) is 42.7 Å². The third kappa shape index (κ3) is 4.60. The van der Waals surface area contributed by atoms with Gasteiger partial charge in [-0.25, -0.2) is 0 Å². The molecule has 0 unspecified atom stereocenters. The first-order valence-corrected chi connectivity index (χ1v) is 11.1. The molecule has 3 heterocycles. The van der Waals surface area contributed by atoms with Gasteiger partial charge in [-0.15, -0.1) is 0 Å². The van der Waals surface area contributed by atoms with E-state index in [0.29, 0.717) is 12.5 Å². The van der Waals surface area contributed by atoms with Crippen molar-refractivity contribution in [3.8, 4) is 0 Å². The molecule has 0 radical (unpaired) electrons. The number of hydrogen-bond donors (Lipinski definition) is 0. The van der Waals surface area contributed by atoms with Crippen molar-refractivity contribution in [2.24, 2.45) is 18.4 Å². The van der Waals surface area contributed by atoms with E-state index in [2.05, 4.69) is 40.3 Å². The number of aryl methyl sites for hydroxylation is 1. The highest BCUT2D eigenvalue weighted by Crippen LogP contribution is 2.45. The van der Waals surface area contributed by atoms with Gasteiger partial charge >= 0.3 is 0 Å². The standard InChI is InChI=1S/C24H35N5O/c1-26-18-22(23(30)27(2)15-20-8-5-4-6-9-20)24(19-26)10-7-12-29(13-11-24)17-21-14-25-28(3)16-21/h4-6,8-9,14,16,22H,7,10-13,15,17-19H2,1-3H3/t22-,24+/m1/s1. The lowest BCUT2D eigenvalue weighted by Crippen LogP contribution is -2.42. The van der Waals surface area contributed by atoms with Gasteiger partial charge in [-0.05, 0) is 50.4 Å². The van der Waals surface area contributed by atoms with Gasteiger partial charge in [0.25, 0.3) is 0 Å². The number of carbonyl (C=O) groups excluding carboxylic acids is 1. The second-order valence-electron chi connectivity index (χ2n) is 9.44. The van der Waals surface area contributed by atoms with Crippen LogP contribution in [0.2, 0.25) is 0 Å². The summed E-state index contributed by atoms with van der Waals surface area (Å²) in [5.41, 5.74) is 2.56. The third-order valence-electron chi connectivity index (χ3n) is 6.99. The van der Waals surface area contributed by atoms with Crippen LogP contribution >= 0.6 is 0 Å². The van der Waals surface area contributed by atoms with Crippen molar-refractivity contribution < 1.29 is 4.79 Å². The Morgan fingerprint density at radius 2 is 1.97 bits per heavy atom. The zero-order valence-electron chi connectivity index (χ0n) is 18.6. The zero-order valence-corrected chi connectivity index (χ0v) is 18.6. The lowest BCUT2D eigenvalue weighted by Gasteiger charge is -2.35. The summed E-state index contributed by atoms with van der Waals surface area (Å²) in [7, 11) is 6.11. The van der Waals surface area contributed by atoms with Crippen molar-refractivity contribution in [1.29, 1.82) is 0 Å². The summed E-state index contributed by atoms with van der Waals surface area (Å²) >= 11 is 0. The number of hydrogen-bond acceptors (Lipinski definition) is 4. The fraction of sp³-hybridized carbons (Fsp3) is 0.583. The fourth-order valence-electron chi connectivity index (χ4n) is 5.51. The Kier molecular flexibility index (Phi) is 6.25. The summed E-state index contributed by atoms with van der Waals surface area (Å²) in [6, 6.07) is 10.3. The number of amides is 1. The molecule has 1 aromatic heterocycles. The maximum Gasteiger partial charge on any atom is 0.227 e. The number of benzene rings is 1. The van der Waals surface area contributed by atoms with Crippen molar-refractivity contribution in [2.45, 2.75) is 32.4 Å². The number of nitrogens with zero attached hydrogens (tertiary/aromatic N) is 5. The van der Waals surface area contributed by atoms with E-state index in [4.69, 9.17) is 0 Å². The number of aromatic nitrogens is 2. The Morgan fingerprint density at radius 3 is 2.70 bits per heavy atom. The summed E-state index contributed by atoms with van der Waals surface area (Å²) < 4.78 is 1.87. The molecular weight excluding hydrogens is 374 g/mol. The van der Waals surface area contributed by atoms with Crippen LogP contribution in [0.3, 0.4) is 0 Å². The van der Waals surface area contributed by atoms with Crippen LogP contribution in [-0.4, -0.2) is 70.7 Å². The zero-order chi connectivity index (χ0) is 21.1. The minimum Gasteiger partial charge on any atom is -0.341 e. The van der Waals surface area contributed by atoms with Gasteiger partial charge in [0.15, 0.2) is 0 Å². The molecule has 0 N–H and O–H groups in total. The highest BCUT2D eigenvalue weighted by molar-refractivity contribution is 5.80. The predicted molar refractivity (Wildman–Crippen MR) is 119 cm³/mol. The molecule has 1 aromatic carbocycles. The molecule has 2 atom stereocenters. The summed E-state index contributed by atoms with van der Waals surface area (Å²) in [6.45, 7) is 5.69. The molecule has 0 bridgehead atoms. The quantitative estimate of drug-likeness (QED) is 0.762. The van der Waals surface area contributed by atoms with E-state index < -0.39 is 0 Å². The van der Waals surface area contributed by atoms with Gasteiger partial charge in [-0.2, -0.15) is 5.10 Å². The van der Waals surface area contributed by atoms with Crippen molar-refractivity contribution >= 4 is 5.91 Å². The Hall–Kier alpha value is -2.18. The molecule has 6 heteroatoms. The molecule has 162 valence electrons. The van der Waals surface area contributed by atoms with Crippen LogP contribution in [0.25, 0.3) is 0 Å². The summed E-state index contributed by atoms with van der Waals surface area (Å²) in [5, 5.41) is 4.31. The lowest BCUT2D eigenvalue weighted by molar-refractivity contribution is -0.137. The maximum absolute atomic E-state index is 13.5. The molecule has 4 rings (SSSR count). The Labute approximate surface area is 180 Å². The van der Waals surface area contributed by atoms with E-state index in [0.717, 1.165) is 52.0 Å². The van der Waals surface area contributed by atoms with Crippen molar-refractivity contribution in [3.63, 3.8) is 0 Å². The van der Waals surface area contributed by atoms with Gasteiger partial charge in [0.05, 0.1) is 12.1 Å². The van der Waals surface area contributed by atoms with Gasteiger partial charge in [0.1, 0.15) is 0 Å². The summed E-state index contributed by atoms with van der Waals surface area (Å²) in [5.74, 6) is 0.401. The van der Waals surface area contributed by atoms with E-state index in [1.165, 1.54) is 11.1 Å². The van der Waals surface area contributed by atoms with Crippen molar-refractivity contribution in [1.82, 2.24) is 24.5 Å². The second-order valence-corrected chi connectivity index (χ2v) is 9.44. The first-order chi connectivity index (χ1) is 14.4. The van der Waals surface area contributed by atoms with Gasteiger partial charge in [-0.3, -0.25) is 14.4 Å². The maximum atomic E-state index is 13.5. The fourth-order valence-corrected chi connectivity index (χ4v) is 5.51. The van der Waals surface area contributed by atoms with Gasteiger partial charge in [0, 0.05) is 52.0 Å². The molecular formula is C24H35N5O. The lowest BCUT2D eigenvalue weighted by atomic mass is 9.72. The van der Waals surface area contributed by atoms with E-state index in [-0.39, 0.29) is 11.3 Å². The van der Waals surface area contributed by atoms with Gasteiger partial charge < -0.3 is 9.80 Å². The molecule has 2 aliphatic heterocycles. The average Bonchev–Trinajstić information content (AvgIpc) is 3.21. The minimum atomic E-state index is 0.0922. The molecule has 30 heavy (non-hydrogen) atoms. The van der Waals surface area contributed by atoms with Gasteiger partial charge in [0.2, 0.25) is 5.91 Å². The van der Waals surface area contributed by atoms with Crippen LogP contribution in [0.5, 0.6) is 0 Å². The molecule has 2 saturated heterocycles. The highest BCUT2D eigenvalue weighted by Gasteiger charge is 2.49. The summed E-state index contributed by atoms with van der Waals surface area (Å²) in [6.07, 6.45) is 7.45.